The molecule has 2 heterocycles. The van der Waals surface area contributed by atoms with E-state index in [4.69, 9.17) is 26.8 Å². The van der Waals surface area contributed by atoms with Gasteiger partial charge in [0, 0.05) is 42.7 Å². The first-order valence-corrected chi connectivity index (χ1v) is 7.90. The van der Waals surface area contributed by atoms with Gasteiger partial charge in [-0.1, -0.05) is 11.6 Å². The van der Waals surface area contributed by atoms with Gasteiger partial charge >= 0.3 is 0 Å². The third-order valence-electron chi connectivity index (χ3n) is 4.08. The number of rotatable bonds is 4. The molecule has 0 fully saturated rings. The molecule has 1 aliphatic heterocycles. The molecule has 3 rings (SSSR count). The van der Waals surface area contributed by atoms with Gasteiger partial charge in [0.25, 0.3) is 5.56 Å². The Morgan fingerprint density at radius 2 is 2.17 bits per heavy atom. The first kappa shape index (κ1) is 16.6. The minimum Gasteiger partial charge on any atom is -0.493 e. The van der Waals surface area contributed by atoms with Crippen LogP contribution in [0.25, 0.3) is 0 Å². The molecular weight excluding hydrogens is 332 g/mol. The van der Waals surface area contributed by atoms with E-state index in [9.17, 15) is 4.79 Å². The molecule has 3 N–H and O–H groups in total. The summed E-state index contributed by atoms with van der Waals surface area (Å²) in [6, 6.07) is 3.57. The van der Waals surface area contributed by atoms with Gasteiger partial charge in [0.2, 0.25) is 5.95 Å². The van der Waals surface area contributed by atoms with E-state index in [2.05, 4.69) is 14.9 Å². The maximum absolute atomic E-state index is 12.1. The van der Waals surface area contributed by atoms with Gasteiger partial charge in [-0.3, -0.25) is 14.7 Å². The van der Waals surface area contributed by atoms with Crippen LogP contribution in [-0.4, -0.2) is 35.6 Å². The maximum Gasteiger partial charge on any atom is 0.257 e. The summed E-state index contributed by atoms with van der Waals surface area (Å²) in [5.41, 5.74) is 7.75. The second kappa shape index (κ2) is 6.70. The second-order valence-corrected chi connectivity index (χ2v) is 6.07. The fraction of sp³-hybridized carbons (Fsp3) is 0.375. The number of hydrogen-bond donors (Lipinski definition) is 2. The highest BCUT2D eigenvalue weighted by molar-refractivity contribution is 6.30. The summed E-state index contributed by atoms with van der Waals surface area (Å²) in [7, 11) is 3.17. The van der Waals surface area contributed by atoms with E-state index < -0.39 is 0 Å². The van der Waals surface area contributed by atoms with Crippen molar-refractivity contribution in [3.63, 3.8) is 0 Å². The zero-order chi connectivity index (χ0) is 17.3. The molecular formula is C16H19ClN4O3. The number of anilines is 1. The molecule has 0 radical (unpaired) electrons. The van der Waals surface area contributed by atoms with E-state index in [-0.39, 0.29) is 11.5 Å². The number of aromatic nitrogens is 2. The number of benzene rings is 1. The van der Waals surface area contributed by atoms with Crippen molar-refractivity contribution in [2.75, 3.05) is 26.5 Å². The molecule has 7 nitrogen and oxygen atoms in total. The predicted molar refractivity (Wildman–Crippen MR) is 91.6 cm³/mol. The minimum absolute atomic E-state index is 0.161. The number of nitrogens with one attached hydrogen (secondary N) is 1. The minimum atomic E-state index is -0.183. The number of methoxy groups -OCH3 is 2. The molecule has 0 saturated heterocycles. The van der Waals surface area contributed by atoms with Crippen LogP contribution in [0.5, 0.6) is 11.5 Å². The van der Waals surface area contributed by atoms with Crippen LogP contribution in [-0.2, 0) is 19.5 Å². The van der Waals surface area contributed by atoms with Crippen LogP contribution in [0.1, 0.15) is 16.8 Å². The topological polar surface area (TPSA) is 93.5 Å². The molecule has 0 unspecified atom stereocenters. The molecule has 0 saturated carbocycles. The normalized spacial score (nSPS) is 14.3. The van der Waals surface area contributed by atoms with Crippen LogP contribution in [0, 0.1) is 0 Å². The maximum atomic E-state index is 12.1. The highest BCUT2D eigenvalue weighted by Crippen LogP contribution is 2.35. The van der Waals surface area contributed by atoms with Crippen molar-refractivity contribution in [2.24, 2.45) is 0 Å². The highest BCUT2D eigenvalue weighted by Gasteiger charge is 2.23. The molecule has 0 amide bonds. The van der Waals surface area contributed by atoms with Crippen molar-refractivity contribution < 1.29 is 9.47 Å². The van der Waals surface area contributed by atoms with Crippen molar-refractivity contribution in [2.45, 2.75) is 19.5 Å². The van der Waals surface area contributed by atoms with Gasteiger partial charge in [0.1, 0.15) is 0 Å². The van der Waals surface area contributed by atoms with Gasteiger partial charge in [-0.05, 0) is 6.07 Å². The lowest BCUT2D eigenvalue weighted by atomic mass is 10.1. The molecule has 0 atom stereocenters. The zero-order valence-corrected chi connectivity index (χ0v) is 14.3. The first-order chi connectivity index (χ1) is 11.5. The summed E-state index contributed by atoms with van der Waals surface area (Å²) in [4.78, 5) is 21.0. The molecule has 1 aliphatic rings. The number of aromatic amines is 1. The van der Waals surface area contributed by atoms with E-state index >= 15 is 0 Å². The van der Waals surface area contributed by atoms with Gasteiger partial charge in [-0.15, -0.1) is 0 Å². The quantitative estimate of drug-likeness (QED) is 0.869. The van der Waals surface area contributed by atoms with Crippen molar-refractivity contribution in [1.82, 2.24) is 14.9 Å². The van der Waals surface area contributed by atoms with Crippen LogP contribution in [0.15, 0.2) is 16.9 Å². The smallest absolute Gasteiger partial charge is 0.257 e. The lowest BCUT2D eigenvalue weighted by Crippen LogP contribution is -2.35. The number of ether oxygens (including phenoxy) is 2. The second-order valence-electron chi connectivity index (χ2n) is 5.64. The number of halogens is 1. The summed E-state index contributed by atoms with van der Waals surface area (Å²) in [6.07, 6.45) is 0.670. The zero-order valence-electron chi connectivity index (χ0n) is 13.6. The van der Waals surface area contributed by atoms with Gasteiger partial charge in [-0.2, -0.15) is 0 Å². The van der Waals surface area contributed by atoms with E-state index in [1.54, 1.807) is 20.3 Å². The van der Waals surface area contributed by atoms with Gasteiger partial charge in [0.15, 0.2) is 11.5 Å². The molecule has 2 aromatic rings. The lowest BCUT2D eigenvalue weighted by molar-refractivity contribution is 0.237. The number of H-pyrrole nitrogens is 1. The third kappa shape index (κ3) is 3.18. The summed E-state index contributed by atoms with van der Waals surface area (Å²) >= 11 is 6.17. The molecule has 128 valence electrons. The fourth-order valence-corrected chi connectivity index (χ4v) is 3.23. The Kier molecular flexibility index (Phi) is 4.64. The van der Waals surface area contributed by atoms with Crippen LogP contribution in [0.2, 0.25) is 5.02 Å². The van der Waals surface area contributed by atoms with Gasteiger partial charge in [-0.25, -0.2) is 4.98 Å². The molecule has 1 aromatic carbocycles. The summed E-state index contributed by atoms with van der Waals surface area (Å²) in [5, 5.41) is 0.576. The Bertz CT molecular complexity index is 822. The van der Waals surface area contributed by atoms with Crippen LogP contribution < -0.4 is 20.8 Å². The molecule has 0 bridgehead atoms. The molecule has 0 aliphatic carbocycles. The SMILES string of the molecule is COc1cc(Cl)cc(CN2CCc3nc(N)[nH]c(=O)c3C2)c1OC. The first-order valence-electron chi connectivity index (χ1n) is 7.52. The molecule has 8 heteroatoms. The predicted octanol–water partition coefficient (Wildman–Crippen LogP) is 1.58. The highest BCUT2D eigenvalue weighted by atomic mass is 35.5. The van der Waals surface area contributed by atoms with Crippen molar-refractivity contribution in [1.29, 1.82) is 0 Å². The summed E-state index contributed by atoms with van der Waals surface area (Å²) in [6.45, 7) is 1.85. The van der Waals surface area contributed by atoms with Crippen LogP contribution in [0.4, 0.5) is 5.95 Å². The Morgan fingerprint density at radius 1 is 1.38 bits per heavy atom. The Labute approximate surface area is 144 Å². The number of hydrogen-bond acceptors (Lipinski definition) is 6. The number of nitrogens with two attached hydrogens (primary N) is 1. The average molecular weight is 351 g/mol. The van der Waals surface area contributed by atoms with Crippen LogP contribution >= 0.6 is 11.6 Å². The fourth-order valence-electron chi connectivity index (χ4n) is 3.00. The monoisotopic (exact) mass is 350 g/mol. The Hall–Kier alpha value is -2.25. The summed E-state index contributed by atoms with van der Waals surface area (Å²) in [5.74, 6) is 1.40. The summed E-state index contributed by atoms with van der Waals surface area (Å²) < 4.78 is 10.8. The van der Waals surface area contributed by atoms with Crippen molar-refractivity contribution in [3.05, 3.63) is 44.3 Å². The standard InChI is InChI=1S/C16H19ClN4O3/c1-23-13-6-10(17)5-9(14(13)24-2)7-21-4-3-12-11(8-21)15(22)20-16(18)19-12/h5-6H,3-4,7-8H2,1-2H3,(H3,18,19,20,22). The molecule has 0 spiro atoms. The molecule has 1 aromatic heterocycles. The van der Waals surface area contributed by atoms with Crippen LogP contribution in [0.3, 0.4) is 0 Å². The van der Waals surface area contributed by atoms with E-state index in [0.717, 1.165) is 17.8 Å². The Morgan fingerprint density at radius 3 is 2.88 bits per heavy atom. The Balaban J connectivity index is 1.88. The van der Waals surface area contributed by atoms with E-state index in [1.165, 1.54) is 0 Å². The van der Waals surface area contributed by atoms with Gasteiger partial charge < -0.3 is 15.2 Å². The third-order valence-corrected chi connectivity index (χ3v) is 4.30. The van der Waals surface area contributed by atoms with Crippen molar-refractivity contribution >= 4 is 17.5 Å². The van der Waals surface area contributed by atoms with Crippen molar-refractivity contribution in [3.8, 4) is 11.5 Å². The van der Waals surface area contributed by atoms with E-state index in [1.807, 2.05) is 6.07 Å². The number of nitrogens with zero attached hydrogens (tertiary/aromatic N) is 2. The van der Waals surface area contributed by atoms with Gasteiger partial charge in [0.05, 0.1) is 25.5 Å². The molecule has 24 heavy (non-hydrogen) atoms. The lowest BCUT2D eigenvalue weighted by Gasteiger charge is -2.28. The number of nitrogen functional groups attached to an aromatic ring is 1. The largest absolute Gasteiger partial charge is 0.493 e. The number of fused-ring (bicyclic) bond motifs is 1. The average Bonchev–Trinajstić information content (AvgIpc) is 2.54. The van der Waals surface area contributed by atoms with E-state index in [0.29, 0.717) is 41.6 Å².